The van der Waals surface area contributed by atoms with Crippen molar-refractivity contribution in [3.8, 4) is 0 Å². The second-order valence-electron chi connectivity index (χ2n) is 9.24. The van der Waals surface area contributed by atoms with Crippen LogP contribution >= 0.6 is 0 Å². The van der Waals surface area contributed by atoms with Gasteiger partial charge in [0.2, 0.25) is 0 Å². The largest absolute Gasteiger partial charge is 0.466 e. The predicted molar refractivity (Wildman–Crippen MR) is 135 cm³/mol. The first kappa shape index (κ1) is 30.2. The summed E-state index contributed by atoms with van der Waals surface area (Å²) in [5, 5.41) is 0. The zero-order valence-electron chi connectivity index (χ0n) is 21.3. The Hall–Kier alpha value is -0.830. The van der Waals surface area contributed by atoms with Crippen LogP contribution in [0.3, 0.4) is 0 Å². The minimum absolute atomic E-state index is 0.0504. The molecule has 0 aliphatic rings. The van der Waals surface area contributed by atoms with Crippen molar-refractivity contribution >= 4 is 5.97 Å². The minimum Gasteiger partial charge on any atom is -0.466 e. The zero-order valence-corrected chi connectivity index (χ0v) is 21.3. The number of hydrogen-bond acceptors (Lipinski definition) is 3. The molecule has 0 aromatic heterocycles. The van der Waals surface area contributed by atoms with Gasteiger partial charge in [-0.2, -0.15) is 0 Å². The summed E-state index contributed by atoms with van der Waals surface area (Å²) in [5.74, 6) is -0.0504. The lowest BCUT2D eigenvalue weighted by Crippen LogP contribution is -2.10. The highest BCUT2D eigenvalue weighted by Crippen LogP contribution is 2.12. The number of esters is 1. The fraction of sp³-hybridized carbons (Fsp3) is 0.893. The van der Waals surface area contributed by atoms with Crippen molar-refractivity contribution in [1.82, 2.24) is 0 Å². The average molecular weight is 439 g/mol. The molecular weight excluding hydrogens is 384 g/mol. The molecule has 0 N–H and O–H groups in total. The molecule has 0 aromatic rings. The summed E-state index contributed by atoms with van der Waals surface area (Å²) >= 11 is 0. The van der Waals surface area contributed by atoms with Crippen molar-refractivity contribution in [3.05, 3.63) is 12.2 Å². The second-order valence-corrected chi connectivity index (χ2v) is 9.24. The maximum atomic E-state index is 11.7. The van der Waals surface area contributed by atoms with Gasteiger partial charge in [0.1, 0.15) is 0 Å². The Morgan fingerprint density at radius 1 is 0.645 bits per heavy atom. The second kappa shape index (κ2) is 25.4. The number of rotatable bonds is 24. The van der Waals surface area contributed by atoms with E-state index >= 15 is 0 Å². The van der Waals surface area contributed by atoms with Gasteiger partial charge < -0.3 is 9.47 Å². The zero-order chi connectivity index (χ0) is 22.8. The molecule has 0 aromatic carbocycles. The molecule has 3 nitrogen and oxygen atoms in total. The summed E-state index contributed by atoms with van der Waals surface area (Å²) in [4.78, 5) is 11.7. The number of unbranched alkanes of at least 4 members (excludes halogenated alkanes) is 15. The summed E-state index contributed by atoms with van der Waals surface area (Å²) in [6, 6.07) is 0. The fourth-order valence-corrected chi connectivity index (χ4v) is 3.68. The molecule has 0 aliphatic heterocycles. The lowest BCUT2D eigenvalue weighted by molar-refractivity contribution is -0.144. The normalized spacial score (nSPS) is 11.6. The van der Waals surface area contributed by atoms with Crippen LogP contribution < -0.4 is 0 Å². The molecular formula is C28H54O3. The van der Waals surface area contributed by atoms with Crippen molar-refractivity contribution in [2.75, 3.05) is 13.2 Å². The third-order valence-corrected chi connectivity index (χ3v) is 5.65. The molecule has 184 valence electrons. The quantitative estimate of drug-likeness (QED) is 0.0857. The van der Waals surface area contributed by atoms with Gasteiger partial charge in [-0.05, 0) is 46.0 Å². The molecule has 0 unspecified atom stereocenters. The highest BCUT2D eigenvalue weighted by atomic mass is 16.5. The molecule has 0 fully saturated rings. The molecule has 0 saturated carbocycles. The number of carbonyl (C=O) groups excluding carboxylic acids is 1. The monoisotopic (exact) mass is 438 g/mol. The Balaban J connectivity index is 3.18. The smallest absolute Gasteiger partial charge is 0.305 e. The SMILES string of the molecule is CCCCCCCCC=CCCCCCCCCCCCC(=O)OCCCOC(C)C. The van der Waals surface area contributed by atoms with Gasteiger partial charge in [-0.3, -0.25) is 4.79 Å². The summed E-state index contributed by atoms with van der Waals surface area (Å²) < 4.78 is 10.7. The van der Waals surface area contributed by atoms with E-state index in [4.69, 9.17) is 9.47 Å². The van der Waals surface area contributed by atoms with E-state index < -0.39 is 0 Å². The topological polar surface area (TPSA) is 35.5 Å². The van der Waals surface area contributed by atoms with Crippen LogP contribution in [-0.2, 0) is 14.3 Å². The molecule has 0 heterocycles. The Labute approximate surface area is 194 Å². The van der Waals surface area contributed by atoms with Crippen LogP contribution in [0.15, 0.2) is 12.2 Å². The number of carbonyl (C=O) groups is 1. The van der Waals surface area contributed by atoms with Gasteiger partial charge in [0.05, 0.1) is 19.3 Å². The standard InChI is InChI=1S/C28H54O3/c1-4-5-6-7-8-9-10-11-12-13-14-15-16-17-18-19-20-21-22-24-28(29)31-26-23-25-30-27(2)3/h11-12,27H,4-10,13-26H2,1-3H3. The molecule has 0 amide bonds. The van der Waals surface area contributed by atoms with Crippen LogP contribution in [0.4, 0.5) is 0 Å². The van der Waals surface area contributed by atoms with Crippen molar-refractivity contribution < 1.29 is 14.3 Å². The molecule has 0 aliphatic carbocycles. The molecule has 0 bridgehead atoms. The van der Waals surface area contributed by atoms with E-state index in [0.717, 1.165) is 19.3 Å². The van der Waals surface area contributed by atoms with Gasteiger partial charge in [-0.25, -0.2) is 0 Å². The molecule has 0 atom stereocenters. The third-order valence-electron chi connectivity index (χ3n) is 5.65. The highest BCUT2D eigenvalue weighted by Gasteiger charge is 2.03. The Morgan fingerprint density at radius 2 is 1.13 bits per heavy atom. The summed E-state index contributed by atoms with van der Waals surface area (Å²) in [7, 11) is 0. The van der Waals surface area contributed by atoms with Crippen molar-refractivity contribution in [1.29, 1.82) is 0 Å². The first-order valence-corrected chi connectivity index (χ1v) is 13.6. The van der Waals surface area contributed by atoms with Crippen molar-refractivity contribution in [2.45, 2.75) is 149 Å². The van der Waals surface area contributed by atoms with Crippen molar-refractivity contribution in [3.63, 3.8) is 0 Å². The van der Waals surface area contributed by atoms with Gasteiger partial charge in [0, 0.05) is 12.8 Å². The first-order valence-electron chi connectivity index (χ1n) is 13.6. The lowest BCUT2D eigenvalue weighted by atomic mass is 10.1. The molecule has 0 radical (unpaired) electrons. The van der Waals surface area contributed by atoms with E-state index in [1.807, 2.05) is 13.8 Å². The molecule has 0 saturated heterocycles. The maximum Gasteiger partial charge on any atom is 0.305 e. The molecule has 0 spiro atoms. The maximum absolute atomic E-state index is 11.7. The van der Waals surface area contributed by atoms with Crippen LogP contribution in [0.5, 0.6) is 0 Å². The van der Waals surface area contributed by atoms with E-state index in [1.54, 1.807) is 0 Å². The van der Waals surface area contributed by atoms with Crippen LogP contribution in [0.2, 0.25) is 0 Å². The summed E-state index contributed by atoms with van der Waals surface area (Å²) in [6.07, 6.45) is 28.8. The van der Waals surface area contributed by atoms with Gasteiger partial charge in [-0.1, -0.05) is 96.1 Å². The Kier molecular flexibility index (Phi) is 24.7. The minimum atomic E-state index is -0.0504. The molecule has 3 heteroatoms. The van der Waals surface area contributed by atoms with E-state index in [1.165, 1.54) is 96.3 Å². The predicted octanol–water partition coefficient (Wildman–Crippen LogP) is 8.94. The lowest BCUT2D eigenvalue weighted by Gasteiger charge is -2.08. The van der Waals surface area contributed by atoms with E-state index in [2.05, 4.69) is 19.1 Å². The van der Waals surface area contributed by atoms with Gasteiger partial charge in [-0.15, -0.1) is 0 Å². The Bertz CT molecular complexity index is 390. The number of hydrogen-bond donors (Lipinski definition) is 0. The van der Waals surface area contributed by atoms with Gasteiger partial charge in [0.15, 0.2) is 0 Å². The first-order chi connectivity index (χ1) is 15.2. The highest BCUT2D eigenvalue weighted by molar-refractivity contribution is 5.69. The summed E-state index contributed by atoms with van der Waals surface area (Å²) in [5.41, 5.74) is 0. The van der Waals surface area contributed by atoms with E-state index in [9.17, 15) is 4.79 Å². The van der Waals surface area contributed by atoms with Crippen LogP contribution in [0, 0.1) is 0 Å². The molecule has 31 heavy (non-hydrogen) atoms. The van der Waals surface area contributed by atoms with Crippen molar-refractivity contribution in [2.24, 2.45) is 0 Å². The summed E-state index contributed by atoms with van der Waals surface area (Å²) in [6.45, 7) is 7.47. The average Bonchev–Trinajstić information content (AvgIpc) is 2.75. The van der Waals surface area contributed by atoms with Crippen LogP contribution in [-0.4, -0.2) is 25.3 Å². The third kappa shape index (κ3) is 27.1. The number of allylic oxidation sites excluding steroid dienone is 2. The number of ether oxygens (including phenoxy) is 2. The van der Waals surface area contributed by atoms with E-state index in [0.29, 0.717) is 19.6 Å². The van der Waals surface area contributed by atoms with E-state index in [-0.39, 0.29) is 12.1 Å². The van der Waals surface area contributed by atoms with Gasteiger partial charge in [0.25, 0.3) is 0 Å². The van der Waals surface area contributed by atoms with Gasteiger partial charge >= 0.3 is 5.97 Å². The molecule has 0 rings (SSSR count). The Morgan fingerprint density at radius 3 is 1.65 bits per heavy atom. The fourth-order valence-electron chi connectivity index (χ4n) is 3.68. The van der Waals surface area contributed by atoms with Crippen LogP contribution in [0.1, 0.15) is 143 Å². The van der Waals surface area contributed by atoms with Crippen LogP contribution in [0.25, 0.3) is 0 Å².